The SMILES string of the molecule is COC(=O)C(Cl)Cc1ccc(Sc2ccc(Cl)cc2)cc1. The smallest absolute Gasteiger partial charge is 0.324 e. The first-order chi connectivity index (χ1) is 10.1. The highest BCUT2D eigenvalue weighted by atomic mass is 35.5. The average molecular weight is 341 g/mol. The Kier molecular flexibility index (Phi) is 5.97. The van der Waals surface area contributed by atoms with Gasteiger partial charge in [0.15, 0.2) is 0 Å². The number of methoxy groups -OCH3 is 1. The Morgan fingerprint density at radius 1 is 1.10 bits per heavy atom. The standard InChI is InChI=1S/C16H14Cl2O2S/c1-20-16(19)15(18)10-11-2-6-13(7-3-11)21-14-8-4-12(17)5-9-14/h2-9,15H,10H2,1H3. The Bertz CT molecular complexity index is 597. The highest BCUT2D eigenvalue weighted by Crippen LogP contribution is 2.28. The summed E-state index contributed by atoms with van der Waals surface area (Å²) in [5.41, 5.74) is 1.00. The van der Waals surface area contributed by atoms with Gasteiger partial charge in [0, 0.05) is 14.8 Å². The van der Waals surface area contributed by atoms with Gasteiger partial charge >= 0.3 is 5.97 Å². The number of ether oxygens (including phenoxy) is 1. The van der Waals surface area contributed by atoms with Gasteiger partial charge in [-0.1, -0.05) is 35.5 Å². The highest BCUT2D eigenvalue weighted by Gasteiger charge is 2.15. The minimum absolute atomic E-state index is 0.406. The second kappa shape index (κ2) is 7.74. The Morgan fingerprint density at radius 2 is 1.62 bits per heavy atom. The molecule has 5 heteroatoms. The summed E-state index contributed by atoms with van der Waals surface area (Å²) < 4.78 is 4.61. The summed E-state index contributed by atoms with van der Waals surface area (Å²) in [6, 6.07) is 15.7. The van der Waals surface area contributed by atoms with Crippen molar-refractivity contribution in [3.8, 4) is 0 Å². The Labute approximate surface area is 138 Å². The molecule has 0 aliphatic carbocycles. The number of rotatable bonds is 5. The molecule has 2 rings (SSSR count). The van der Waals surface area contributed by atoms with Crippen molar-refractivity contribution in [1.82, 2.24) is 0 Å². The van der Waals surface area contributed by atoms with Crippen LogP contribution in [0.25, 0.3) is 0 Å². The van der Waals surface area contributed by atoms with E-state index in [0.717, 1.165) is 20.4 Å². The lowest BCUT2D eigenvalue weighted by molar-refractivity contribution is -0.140. The lowest BCUT2D eigenvalue weighted by Crippen LogP contribution is -2.18. The molecular formula is C16H14Cl2O2S. The highest BCUT2D eigenvalue weighted by molar-refractivity contribution is 7.99. The molecule has 0 amide bonds. The molecule has 1 atom stereocenters. The molecular weight excluding hydrogens is 327 g/mol. The number of alkyl halides is 1. The van der Waals surface area contributed by atoms with E-state index >= 15 is 0 Å². The zero-order chi connectivity index (χ0) is 15.2. The average Bonchev–Trinajstić information content (AvgIpc) is 2.50. The fourth-order valence-corrected chi connectivity index (χ4v) is 2.96. The van der Waals surface area contributed by atoms with E-state index in [2.05, 4.69) is 4.74 Å². The first-order valence-electron chi connectivity index (χ1n) is 6.33. The largest absolute Gasteiger partial charge is 0.468 e. The molecule has 0 radical (unpaired) electrons. The van der Waals surface area contributed by atoms with Crippen molar-refractivity contribution in [2.24, 2.45) is 0 Å². The summed E-state index contributed by atoms with van der Waals surface area (Å²) in [6.07, 6.45) is 0.458. The molecule has 110 valence electrons. The third-order valence-corrected chi connectivity index (χ3v) is 4.44. The molecule has 0 aliphatic rings. The molecule has 2 aromatic carbocycles. The molecule has 21 heavy (non-hydrogen) atoms. The van der Waals surface area contributed by atoms with Gasteiger partial charge in [-0.2, -0.15) is 0 Å². The molecule has 0 heterocycles. The third kappa shape index (κ3) is 4.95. The fraction of sp³-hybridized carbons (Fsp3) is 0.188. The molecule has 0 spiro atoms. The van der Waals surface area contributed by atoms with Crippen LogP contribution in [0.4, 0.5) is 0 Å². The van der Waals surface area contributed by atoms with E-state index < -0.39 is 11.3 Å². The number of hydrogen-bond donors (Lipinski definition) is 0. The van der Waals surface area contributed by atoms with Crippen molar-refractivity contribution in [2.75, 3.05) is 7.11 Å². The lowest BCUT2D eigenvalue weighted by atomic mass is 10.1. The summed E-state index contributed by atoms with van der Waals surface area (Å²) in [7, 11) is 1.34. The van der Waals surface area contributed by atoms with Crippen molar-refractivity contribution in [1.29, 1.82) is 0 Å². The predicted molar refractivity (Wildman–Crippen MR) is 87.4 cm³/mol. The first-order valence-corrected chi connectivity index (χ1v) is 7.96. The van der Waals surface area contributed by atoms with E-state index in [0.29, 0.717) is 6.42 Å². The maximum atomic E-state index is 11.3. The predicted octanol–water partition coefficient (Wildman–Crippen LogP) is 4.81. The van der Waals surface area contributed by atoms with E-state index in [-0.39, 0.29) is 0 Å². The minimum Gasteiger partial charge on any atom is -0.468 e. The second-order valence-corrected chi connectivity index (χ2v) is 6.50. The van der Waals surface area contributed by atoms with Crippen molar-refractivity contribution in [3.05, 3.63) is 59.1 Å². The first kappa shape index (κ1) is 16.2. The Balaban J connectivity index is 1.98. The maximum absolute atomic E-state index is 11.3. The molecule has 0 saturated heterocycles. The second-order valence-electron chi connectivity index (χ2n) is 4.39. The van der Waals surface area contributed by atoms with Crippen LogP contribution in [0.1, 0.15) is 5.56 Å². The summed E-state index contributed by atoms with van der Waals surface area (Å²) in [6.45, 7) is 0. The monoisotopic (exact) mass is 340 g/mol. The molecule has 0 fully saturated rings. The number of halogens is 2. The fourth-order valence-electron chi connectivity index (χ4n) is 1.75. The minimum atomic E-state index is -0.648. The van der Waals surface area contributed by atoms with Gasteiger partial charge in [0.2, 0.25) is 0 Å². The van der Waals surface area contributed by atoms with Crippen LogP contribution in [-0.4, -0.2) is 18.5 Å². The van der Waals surface area contributed by atoms with Crippen molar-refractivity contribution in [3.63, 3.8) is 0 Å². The van der Waals surface area contributed by atoms with E-state index in [1.807, 2.05) is 48.5 Å². The van der Waals surface area contributed by atoms with Gasteiger partial charge in [-0.05, 0) is 48.4 Å². The van der Waals surface area contributed by atoms with E-state index in [9.17, 15) is 4.79 Å². The third-order valence-electron chi connectivity index (χ3n) is 2.84. The van der Waals surface area contributed by atoms with Gasteiger partial charge in [0.1, 0.15) is 5.38 Å². The van der Waals surface area contributed by atoms with Crippen LogP contribution >= 0.6 is 35.0 Å². The molecule has 1 unspecified atom stereocenters. The number of esters is 1. The van der Waals surface area contributed by atoms with Gasteiger partial charge in [0.05, 0.1) is 7.11 Å². The number of benzene rings is 2. The molecule has 2 nitrogen and oxygen atoms in total. The van der Waals surface area contributed by atoms with Crippen LogP contribution in [-0.2, 0) is 16.0 Å². The zero-order valence-electron chi connectivity index (χ0n) is 11.4. The number of carbonyl (C=O) groups is 1. The van der Waals surface area contributed by atoms with Gasteiger partial charge in [-0.25, -0.2) is 0 Å². The zero-order valence-corrected chi connectivity index (χ0v) is 13.7. The number of carbonyl (C=O) groups excluding carboxylic acids is 1. The molecule has 0 saturated carbocycles. The van der Waals surface area contributed by atoms with Crippen molar-refractivity contribution < 1.29 is 9.53 Å². The van der Waals surface area contributed by atoms with Gasteiger partial charge in [-0.15, -0.1) is 11.6 Å². The van der Waals surface area contributed by atoms with E-state index in [1.165, 1.54) is 7.11 Å². The maximum Gasteiger partial charge on any atom is 0.324 e. The van der Waals surface area contributed by atoms with Crippen LogP contribution in [0.2, 0.25) is 5.02 Å². The van der Waals surface area contributed by atoms with Crippen LogP contribution in [0, 0.1) is 0 Å². The van der Waals surface area contributed by atoms with Crippen LogP contribution < -0.4 is 0 Å². The molecule has 0 aliphatic heterocycles. The van der Waals surface area contributed by atoms with Crippen LogP contribution in [0.15, 0.2) is 58.3 Å². The summed E-state index contributed by atoms with van der Waals surface area (Å²) >= 11 is 13.5. The van der Waals surface area contributed by atoms with Gasteiger partial charge in [-0.3, -0.25) is 4.79 Å². The van der Waals surface area contributed by atoms with Crippen molar-refractivity contribution >= 4 is 40.9 Å². The normalized spacial score (nSPS) is 12.0. The topological polar surface area (TPSA) is 26.3 Å². The quantitative estimate of drug-likeness (QED) is 0.576. The molecule has 0 bridgehead atoms. The molecule has 2 aromatic rings. The van der Waals surface area contributed by atoms with E-state index in [4.69, 9.17) is 23.2 Å². The van der Waals surface area contributed by atoms with Crippen LogP contribution in [0.5, 0.6) is 0 Å². The lowest BCUT2D eigenvalue weighted by Gasteiger charge is -2.08. The Morgan fingerprint density at radius 3 is 2.14 bits per heavy atom. The summed E-state index contributed by atoms with van der Waals surface area (Å²) in [4.78, 5) is 13.5. The van der Waals surface area contributed by atoms with Gasteiger partial charge < -0.3 is 4.74 Å². The summed E-state index contributed by atoms with van der Waals surface area (Å²) in [5.74, 6) is -0.406. The Hall–Kier alpha value is -1.16. The molecule has 0 aromatic heterocycles. The number of hydrogen-bond acceptors (Lipinski definition) is 3. The van der Waals surface area contributed by atoms with E-state index in [1.54, 1.807) is 11.8 Å². The molecule has 0 N–H and O–H groups in total. The van der Waals surface area contributed by atoms with Gasteiger partial charge in [0.25, 0.3) is 0 Å². The summed E-state index contributed by atoms with van der Waals surface area (Å²) in [5, 5.41) is 0.0791. The van der Waals surface area contributed by atoms with Crippen molar-refractivity contribution in [2.45, 2.75) is 21.6 Å². The van der Waals surface area contributed by atoms with Crippen LogP contribution in [0.3, 0.4) is 0 Å².